The van der Waals surface area contributed by atoms with Gasteiger partial charge in [0.1, 0.15) is 30.3 Å². The summed E-state index contributed by atoms with van der Waals surface area (Å²) in [7, 11) is 0. The van der Waals surface area contributed by atoms with E-state index in [1.54, 1.807) is 24.3 Å². The van der Waals surface area contributed by atoms with Gasteiger partial charge in [0, 0.05) is 0 Å². The van der Waals surface area contributed by atoms with Gasteiger partial charge in [-0.3, -0.25) is 0 Å². The normalized spacial score (nSPS) is 36.3. The zero-order valence-corrected chi connectivity index (χ0v) is 9.72. The van der Waals surface area contributed by atoms with Crippen LogP contribution in [-0.4, -0.2) is 52.6 Å². The van der Waals surface area contributed by atoms with E-state index in [-0.39, 0.29) is 0 Å². The first-order chi connectivity index (χ1) is 8.63. The third-order valence-corrected chi connectivity index (χ3v) is 2.92. The molecule has 0 spiro atoms. The third-order valence-electron chi connectivity index (χ3n) is 2.92. The second-order valence-electron chi connectivity index (χ2n) is 4.20. The molecule has 5 N–H and O–H groups in total. The maximum Gasteiger partial charge on any atom is 0.166 e. The second-order valence-corrected chi connectivity index (χ2v) is 4.20. The number of aliphatic hydroxyl groups excluding tert-OH is 3. The molecule has 0 radical (unpaired) electrons. The van der Waals surface area contributed by atoms with Gasteiger partial charge in [-0.1, -0.05) is 18.2 Å². The molecule has 5 atom stereocenters. The van der Waals surface area contributed by atoms with E-state index in [1.165, 1.54) is 0 Å². The fraction of sp³-hybridized carbons (Fsp3) is 0.500. The molecule has 0 amide bonds. The van der Waals surface area contributed by atoms with Crippen LogP contribution in [0.15, 0.2) is 30.3 Å². The molecule has 100 valence electrons. The summed E-state index contributed by atoms with van der Waals surface area (Å²) in [4.78, 5) is 0. The van der Waals surface area contributed by atoms with Crippen LogP contribution in [0.4, 0.5) is 0 Å². The highest BCUT2D eigenvalue weighted by Crippen LogP contribution is 2.23. The number of aliphatic hydroxyl groups is 3. The van der Waals surface area contributed by atoms with E-state index < -0.39 is 37.3 Å². The summed E-state index contributed by atoms with van der Waals surface area (Å²) in [6.07, 6.45) is -5.15. The first-order valence-electron chi connectivity index (χ1n) is 5.73. The summed E-state index contributed by atoms with van der Waals surface area (Å²) < 4.78 is 10.7. The van der Waals surface area contributed by atoms with Gasteiger partial charge in [0.15, 0.2) is 6.10 Å². The van der Waals surface area contributed by atoms with Crippen LogP contribution in [0.3, 0.4) is 0 Å². The van der Waals surface area contributed by atoms with E-state index in [4.69, 9.17) is 20.3 Å². The average molecular weight is 255 g/mol. The minimum absolute atomic E-state index is 0.413. The highest BCUT2D eigenvalue weighted by molar-refractivity contribution is 5.21. The van der Waals surface area contributed by atoms with Crippen molar-refractivity contribution in [3.63, 3.8) is 0 Å². The summed E-state index contributed by atoms with van der Waals surface area (Å²) in [5.41, 5.74) is 5.72. The van der Waals surface area contributed by atoms with Crippen LogP contribution in [0.1, 0.15) is 0 Å². The van der Waals surface area contributed by atoms with Crippen LogP contribution in [0.5, 0.6) is 5.75 Å². The summed E-state index contributed by atoms with van der Waals surface area (Å²) in [5.74, 6) is 0.523. The number of nitrogens with two attached hydrogens (primary N) is 1. The molecule has 0 saturated carbocycles. The van der Waals surface area contributed by atoms with Crippen LogP contribution in [-0.2, 0) is 4.74 Å². The maximum atomic E-state index is 9.92. The Bertz CT molecular complexity index is 374. The van der Waals surface area contributed by atoms with Crippen LogP contribution < -0.4 is 10.5 Å². The molecule has 0 aliphatic carbocycles. The third kappa shape index (κ3) is 2.63. The van der Waals surface area contributed by atoms with Crippen LogP contribution in [0.2, 0.25) is 0 Å². The monoisotopic (exact) mass is 255 g/mol. The molecule has 6 nitrogen and oxygen atoms in total. The molecule has 1 saturated heterocycles. The van der Waals surface area contributed by atoms with Crippen molar-refractivity contribution in [2.24, 2.45) is 5.73 Å². The van der Waals surface area contributed by atoms with Crippen molar-refractivity contribution in [3.8, 4) is 5.75 Å². The Kier molecular flexibility index (Phi) is 4.15. The van der Waals surface area contributed by atoms with Gasteiger partial charge in [-0.15, -0.1) is 0 Å². The van der Waals surface area contributed by atoms with Gasteiger partial charge in [-0.05, 0) is 12.1 Å². The molecule has 1 unspecified atom stereocenters. The highest BCUT2D eigenvalue weighted by atomic mass is 16.6. The SMILES string of the molecule is NC1O[C@H](CO)[C@@H](O)[C@H](O)[C@@H]1Oc1ccccc1. The molecule has 1 aliphatic rings. The van der Waals surface area contributed by atoms with Crippen molar-refractivity contribution in [1.29, 1.82) is 0 Å². The smallest absolute Gasteiger partial charge is 0.166 e. The maximum absolute atomic E-state index is 9.92. The summed E-state index contributed by atoms with van der Waals surface area (Å²) in [5, 5.41) is 28.6. The molecule has 6 heteroatoms. The van der Waals surface area contributed by atoms with Gasteiger partial charge in [0.2, 0.25) is 0 Å². The van der Waals surface area contributed by atoms with E-state index in [1.807, 2.05) is 6.07 Å². The number of para-hydroxylation sites is 1. The molecule has 0 bridgehead atoms. The number of ether oxygens (including phenoxy) is 2. The van der Waals surface area contributed by atoms with Gasteiger partial charge in [0.05, 0.1) is 6.61 Å². The Morgan fingerprint density at radius 3 is 2.44 bits per heavy atom. The molecule has 0 aromatic heterocycles. The van der Waals surface area contributed by atoms with E-state index in [0.717, 1.165) is 0 Å². The first kappa shape index (κ1) is 13.3. The van der Waals surface area contributed by atoms with Gasteiger partial charge in [-0.25, -0.2) is 0 Å². The average Bonchev–Trinajstić information content (AvgIpc) is 2.40. The van der Waals surface area contributed by atoms with Crippen molar-refractivity contribution >= 4 is 0 Å². The molecule has 1 heterocycles. The number of benzene rings is 1. The Morgan fingerprint density at radius 2 is 1.83 bits per heavy atom. The van der Waals surface area contributed by atoms with Crippen LogP contribution in [0, 0.1) is 0 Å². The minimum atomic E-state index is -1.23. The van der Waals surface area contributed by atoms with Gasteiger partial charge < -0.3 is 30.5 Å². The lowest BCUT2D eigenvalue weighted by Gasteiger charge is -2.40. The Labute approximate surface area is 105 Å². The Balaban J connectivity index is 2.08. The summed E-state index contributed by atoms with van der Waals surface area (Å²) in [6, 6.07) is 8.82. The fourth-order valence-electron chi connectivity index (χ4n) is 1.91. The molecule has 1 aromatic carbocycles. The quantitative estimate of drug-likeness (QED) is 0.542. The predicted octanol–water partition coefficient (Wildman–Crippen LogP) is -1.17. The largest absolute Gasteiger partial charge is 0.483 e. The lowest BCUT2D eigenvalue weighted by Crippen LogP contribution is -2.63. The molecule has 1 fully saturated rings. The Morgan fingerprint density at radius 1 is 1.17 bits per heavy atom. The van der Waals surface area contributed by atoms with E-state index in [0.29, 0.717) is 5.75 Å². The van der Waals surface area contributed by atoms with Gasteiger partial charge in [0.25, 0.3) is 0 Å². The van der Waals surface area contributed by atoms with E-state index in [2.05, 4.69) is 0 Å². The van der Waals surface area contributed by atoms with Crippen molar-refractivity contribution in [2.75, 3.05) is 6.61 Å². The molecule has 1 aromatic rings. The first-order valence-corrected chi connectivity index (χ1v) is 5.73. The predicted molar refractivity (Wildman–Crippen MR) is 62.8 cm³/mol. The van der Waals surface area contributed by atoms with Crippen LogP contribution in [0.25, 0.3) is 0 Å². The Hall–Kier alpha value is -1.18. The molecule has 2 rings (SSSR count). The number of hydrogen-bond acceptors (Lipinski definition) is 6. The second kappa shape index (κ2) is 5.64. The topological polar surface area (TPSA) is 105 Å². The molecular formula is C12H17NO5. The zero-order valence-electron chi connectivity index (χ0n) is 9.72. The highest BCUT2D eigenvalue weighted by Gasteiger charge is 2.44. The van der Waals surface area contributed by atoms with Crippen molar-refractivity contribution < 1.29 is 24.8 Å². The van der Waals surface area contributed by atoms with Crippen molar-refractivity contribution in [2.45, 2.75) is 30.6 Å². The standard InChI is InChI=1S/C12H17NO5/c13-12-11(17-7-4-2-1-3-5-7)10(16)9(15)8(6-14)18-12/h1-5,8-12,14-16H,6,13H2/t8-,9-,10+,11+,12?/m1/s1. The summed E-state index contributed by atoms with van der Waals surface area (Å²) in [6.45, 7) is -0.413. The lowest BCUT2D eigenvalue weighted by molar-refractivity contribution is -0.221. The van der Waals surface area contributed by atoms with E-state index >= 15 is 0 Å². The zero-order chi connectivity index (χ0) is 13.1. The van der Waals surface area contributed by atoms with Crippen LogP contribution >= 0.6 is 0 Å². The number of rotatable bonds is 3. The van der Waals surface area contributed by atoms with E-state index in [9.17, 15) is 10.2 Å². The number of hydrogen-bond donors (Lipinski definition) is 4. The molecule has 1 aliphatic heterocycles. The van der Waals surface area contributed by atoms with Gasteiger partial charge >= 0.3 is 0 Å². The fourth-order valence-corrected chi connectivity index (χ4v) is 1.91. The van der Waals surface area contributed by atoms with Crippen molar-refractivity contribution in [3.05, 3.63) is 30.3 Å². The molecular weight excluding hydrogens is 238 g/mol. The van der Waals surface area contributed by atoms with Gasteiger partial charge in [-0.2, -0.15) is 0 Å². The van der Waals surface area contributed by atoms with Crippen molar-refractivity contribution in [1.82, 2.24) is 0 Å². The summed E-state index contributed by atoms with van der Waals surface area (Å²) >= 11 is 0. The minimum Gasteiger partial charge on any atom is -0.483 e. The molecule has 18 heavy (non-hydrogen) atoms. The lowest BCUT2D eigenvalue weighted by atomic mass is 9.98.